The molecule has 1 aromatic heterocycles. The summed E-state index contributed by atoms with van der Waals surface area (Å²) in [7, 11) is 0. The van der Waals surface area contributed by atoms with E-state index in [0.717, 1.165) is 11.4 Å². The van der Waals surface area contributed by atoms with Gasteiger partial charge in [-0.1, -0.05) is 11.6 Å². The molecule has 8 heteroatoms. The van der Waals surface area contributed by atoms with E-state index in [1.165, 1.54) is 24.3 Å². The zero-order valence-corrected chi connectivity index (χ0v) is 14.1. The van der Waals surface area contributed by atoms with Crippen molar-refractivity contribution in [1.29, 1.82) is 0 Å². The fourth-order valence-electron chi connectivity index (χ4n) is 2.21. The van der Waals surface area contributed by atoms with Gasteiger partial charge < -0.3 is 10.1 Å². The Bertz CT molecular complexity index is 702. The largest absolute Gasteiger partial charge is 0.435 e. The Morgan fingerprint density at radius 2 is 2.00 bits per heavy atom. The molecule has 1 aromatic carbocycles. The van der Waals surface area contributed by atoms with Crippen LogP contribution < -0.4 is 10.1 Å². The molecule has 0 atom stereocenters. The number of nitrogens with one attached hydrogen (secondary N) is 1. The van der Waals surface area contributed by atoms with Crippen LogP contribution in [0.4, 0.5) is 8.78 Å². The second-order valence-electron chi connectivity index (χ2n) is 5.22. The van der Waals surface area contributed by atoms with E-state index in [-0.39, 0.29) is 11.7 Å². The number of nitrogens with zero attached hydrogens (tertiary/aromatic N) is 2. The summed E-state index contributed by atoms with van der Waals surface area (Å²) in [4.78, 5) is 12.0. The van der Waals surface area contributed by atoms with Crippen LogP contribution in [0.25, 0.3) is 0 Å². The maximum absolute atomic E-state index is 12.1. The van der Waals surface area contributed by atoms with Crippen LogP contribution in [-0.2, 0) is 6.54 Å². The number of ether oxygens (including phenoxy) is 1. The molecular formula is C16H18ClF2N3O2. The van der Waals surface area contributed by atoms with Gasteiger partial charge >= 0.3 is 6.61 Å². The molecule has 0 radical (unpaired) electrons. The van der Waals surface area contributed by atoms with E-state index in [1.54, 1.807) is 4.68 Å². The summed E-state index contributed by atoms with van der Waals surface area (Å²) >= 11 is 6.08. The fraction of sp³-hybridized carbons (Fsp3) is 0.375. The molecule has 2 aromatic rings. The van der Waals surface area contributed by atoms with Crippen LogP contribution >= 0.6 is 11.6 Å². The van der Waals surface area contributed by atoms with Crippen molar-refractivity contribution in [3.63, 3.8) is 0 Å². The van der Waals surface area contributed by atoms with Crippen molar-refractivity contribution in [2.45, 2.75) is 33.4 Å². The molecule has 0 spiro atoms. The minimum absolute atomic E-state index is 0.0166. The summed E-state index contributed by atoms with van der Waals surface area (Å²) in [5.74, 6) is -0.257. The molecule has 5 nitrogen and oxygen atoms in total. The van der Waals surface area contributed by atoms with Gasteiger partial charge in [-0.25, -0.2) is 0 Å². The number of carbonyl (C=O) groups excluding carboxylic acids is 1. The first-order valence-electron chi connectivity index (χ1n) is 7.41. The standard InChI is InChI=1S/C16H18ClF2N3O2/c1-10-14(17)11(2)22(21-10)9-3-8-20-15(23)12-4-6-13(7-5-12)24-16(18)19/h4-7,16H,3,8-9H2,1-2H3,(H,20,23). The first kappa shape index (κ1) is 18.2. The number of rotatable bonds is 7. The zero-order chi connectivity index (χ0) is 17.7. The highest BCUT2D eigenvalue weighted by Crippen LogP contribution is 2.19. The Kier molecular flexibility index (Phi) is 6.14. The second-order valence-corrected chi connectivity index (χ2v) is 5.60. The lowest BCUT2D eigenvalue weighted by atomic mass is 10.2. The van der Waals surface area contributed by atoms with Crippen LogP contribution in [0.5, 0.6) is 5.75 Å². The summed E-state index contributed by atoms with van der Waals surface area (Å²) < 4.78 is 30.2. The third-order valence-electron chi connectivity index (χ3n) is 3.47. The number of aryl methyl sites for hydroxylation is 2. The molecule has 0 bridgehead atoms. The molecule has 0 aliphatic heterocycles. The van der Waals surface area contributed by atoms with Gasteiger partial charge in [0, 0.05) is 18.7 Å². The quantitative estimate of drug-likeness (QED) is 0.771. The highest BCUT2D eigenvalue weighted by molar-refractivity contribution is 6.31. The van der Waals surface area contributed by atoms with E-state index in [9.17, 15) is 13.6 Å². The average molecular weight is 358 g/mol. The molecule has 130 valence electrons. The smallest absolute Gasteiger partial charge is 0.387 e. The highest BCUT2D eigenvalue weighted by atomic mass is 35.5. The number of hydrogen-bond acceptors (Lipinski definition) is 3. The molecule has 1 amide bonds. The third-order valence-corrected chi connectivity index (χ3v) is 4.01. The predicted octanol–water partition coefficient (Wildman–Crippen LogP) is 3.57. The molecule has 0 unspecified atom stereocenters. The van der Waals surface area contributed by atoms with Gasteiger partial charge in [0.2, 0.25) is 0 Å². The molecule has 2 rings (SSSR count). The van der Waals surface area contributed by atoms with E-state index in [2.05, 4.69) is 15.2 Å². The molecule has 0 aliphatic carbocycles. The first-order chi connectivity index (χ1) is 11.4. The molecule has 0 fully saturated rings. The Morgan fingerprint density at radius 3 is 2.54 bits per heavy atom. The SMILES string of the molecule is Cc1nn(CCCNC(=O)c2ccc(OC(F)F)cc2)c(C)c1Cl. The van der Waals surface area contributed by atoms with Gasteiger partial charge in [-0.3, -0.25) is 9.48 Å². The Labute approximate surface area is 143 Å². The van der Waals surface area contributed by atoms with Gasteiger partial charge in [0.05, 0.1) is 16.4 Å². The average Bonchev–Trinajstić information content (AvgIpc) is 2.78. The van der Waals surface area contributed by atoms with Crippen LogP contribution in [0.2, 0.25) is 5.02 Å². The van der Waals surface area contributed by atoms with Gasteiger partial charge in [0.25, 0.3) is 5.91 Å². The van der Waals surface area contributed by atoms with Crippen molar-refractivity contribution in [2.24, 2.45) is 0 Å². The molecular weight excluding hydrogens is 340 g/mol. The van der Waals surface area contributed by atoms with E-state index in [4.69, 9.17) is 11.6 Å². The van der Waals surface area contributed by atoms with Gasteiger partial charge in [-0.05, 0) is 44.5 Å². The zero-order valence-electron chi connectivity index (χ0n) is 13.4. The minimum Gasteiger partial charge on any atom is -0.435 e. The molecule has 0 saturated heterocycles. The van der Waals surface area contributed by atoms with Crippen molar-refractivity contribution < 1.29 is 18.3 Å². The Hall–Kier alpha value is -2.15. The summed E-state index contributed by atoms with van der Waals surface area (Å²) in [6.45, 7) is 1.96. The van der Waals surface area contributed by atoms with E-state index in [0.29, 0.717) is 30.1 Å². The van der Waals surface area contributed by atoms with Gasteiger partial charge in [-0.2, -0.15) is 13.9 Å². The van der Waals surface area contributed by atoms with Gasteiger partial charge in [0.15, 0.2) is 0 Å². The van der Waals surface area contributed by atoms with Crippen LogP contribution in [0, 0.1) is 13.8 Å². The summed E-state index contributed by atoms with van der Waals surface area (Å²) in [6, 6.07) is 5.54. The first-order valence-corrected chi connectivity index (χ1v) is 7.79. The monoisotopic (exact) mass is 357 g/mol. The lowest BCUT2D eigenvalue weighted by Gasteiger charge is -2.08. The van der Waals surface area contributed by atoms with E-state index in [1.807, 2.05) is 13.8 Å². The third kappa shape index (κ3) is 4.67. The van der Waals surface area contributed by atoms with Crippen molar-refractivity contribution in [3.8, 4) is 5.75 Å². The van der Waals surface area contributed by atoms with E-state index < -0.39 is 6.61 Å². The fourth-order valence-corrected chi connectivity index (χ4v) is 2.35. The number of alkyl halides is 2. The van der Waals surface area contributed by atoms with Crippen LogP contribution in [0.3, 0.4) is 0 Å². The Morgan fingerprint density at radius 1 is 1.33 bits per heavy atom. The molecule has 0 saturated carbocycles. The molecule has 0 aliphatic rings. The maximum Gasteiger partial charge on any atom is 0.387 e. The summed E-state index contributed by atoms with van der Waals surface area (Å²) in [6.07, 6.45) is 0.691. The summed E-state index contributed by atoms with van der Waals surface area (Å²) in [5, 5.41) is 7.74. The van der Waals surface area contributed by atoms with Crippen molar-refractivity contribution in [2.75, 3.05) is 6.54 Å². The molecule has 24 heavy (non-hydrogen) atoms. The number of carbonyl (C=O) groups is 1. The normalized spacial score (nSPS) is 10.9. The number of aromatic nitrogens is 2. The lowest BCUT2D eigenvalue weighted by Crippen LogP contribution is -2.25. The lowest BCUT2D eigenvalue weighted by molar-refractivity contribution is -0.0498. The van der Waals surface area contributed by atoms with Gasteiger partial charge in [-0.15, -0.1) is 0 Å². The Balaban J connectivity index is 1.79. The van der Waals surface area contributed by atoms with Crippen molar-refractivity contribution in [3.05, 3.63) is 46.2 Å². The van der Waals surface area contributed by atoms with Crippen molar-refractivity contribution >= 4 is 17.5 Å². The van der Waals surface area contributed by atoms with Gasteiger partial charge in [0.1, 0.15) is 5.75 Å². The predicted molar refractivity (Wildman–Crippen MR) is 86.7 cm³/mol. The van der Waals surface area contributed by atoms with E-state index >= 15 is 0 Å². The second kappa shape index (κ2) is 8.10. The molecule has 1 heterocycles. The number of hydrogen-bond donors (Lipinski definition) is 1. The van der Waals surface area contributed by atoms with Crippen molar-refractivity contribution in [1.82, 2.24) is 15.1 Å². The minimum atomic E-state index is -2.88. The maximum atomic E-state index is 12.1. The number of halogens is 3. The topological polar surface area (TPSA) is 56.2 Å². The summed E-state index contributed by atoms with van der Waals surface area (Å²) in [5.41, 5.74) is 2.06. The van der Waals surface area contributed by atoms with Crippen LogP contribution in [0.1, 0.15) is 28.2 Å². The number of benzene rings is 1. The number of amides is 1. The van der Waals surface area contributed by atoms with Crippen LogP contribution in [0.15, 0.2) is 24.3 Å². The highest BCUT2D eigenvalue weighted by Gasteiger charge is 2.10. The van der Waals surface area contributed by atoms with Crippen LogP contribution in [-0.4, -0.2) is 28.8 Å². The molecule has 1 N–H and O–H groups in total.